The first-order chi connectivity index (χ1) is 11.3. The number of rotatable bonds is 2. The lowest BCUT2D eigenvalue weighted by molar-refractivity contribution is -0.385. The van der Waals surface area contributed by atoms with Crippen LogP contribution in [0.2, 0.25) is 0 Å². The second-order valence-electron chi connectivity index (χ2n) is 6.01. The second kappa shape index (κ2) is 6.96. The van der Waals surface area contributed by atoms with E-state index < -0.39 is 16.6 Å². The third-order valence-electron chi connectivity index (χ3n) is 2.89. The molecule has 7 heteroatoms. The zero-order valence-electron chi connectivity index (χ0n) is 13.6. The minimum atomic E-state index is -0.596. The van der Waals surface area contributed by atoms with Crippen molar-refractivity contribution in [2.24, 2.45) is 0 Å². The normalized spacial score (nSPS) is 10.6. The molecule has 0 atom stereocenters. The van der Waals surface area contributed by atoms with Gasteiger partial charge in [-0.15, -0.1) is 0 Å². The summed E-state index contributed by atoms with van der Waals surface area (Å²) in [6.07, 6.45) is 2.60. The highest BCUT2D eigenvalue weighted by Crippen LogP contribution is 2.24. The van der Waals surface area contributed by atoms with Gasteiger partial charge < -0.3 is 10.1 Å². The number of ether oxygens (including phenoxy) is 1. The van der Waals surface area contributed by atoms with Crippen LogP contribution in [0.25, 0.3) is 10.8 Å². The van der Waals surface area contributed by atoms with Gasteiger partial charge >= 0.3 is 6.09 Å². The van der Waals surface area contributed by atoms with Crippen molar-refractivity contribution in [1.82, 2.24) is 10.3 Å². The molecular weight excluding hydrogens is 310 g/mol. The van der Waals surface area contributed by atoms with E-state index in [1.807, 2.05) is 0 Å². The molecule has 1 aromatic carbocycles. The molecule has 24 heavy (non-hydrogen) atoms. The Morgan fingerprint density at radius 2 is 2.12 bits per heavy atom. The SMILES string of the molecule is CC(C)(C)OC(=O)NCC#Cc1cc2cnccc2cc1[N+](=O)[O-]. The van der Waals surface area contributed by atoms with Gasteiger partial charge in [-0.25, -0.2) is 4.79 Å². The second-order valence-corrected chi connectivity index (χ2v) is 6.01. The van der Waals surface area contributed by atoms with Gasteiger partial charge in [0.25, 0.3) is 5.69 Å². The van der Waals surface area contributed by atoms with Crippen molar-refractivity contribution in [2.75, 3.05) is 6.54 Å². The van der Waals surface area contributed by atoms with Gasteiger partial charge in [0, 0.05) is 23.8 Å². The average molecular weight is 327 g/mol. The molecule has 0 aliphatic heterocycles. The van der Waals surface area contributed by atoms with Crippen molar-refractivity contribution < 1.29 is 14.5 Å². The minimum absolute atomic E-state index is 0.0249. The molecule has 1 aromatic heterocycles. The van der Waals surface area contributed by atoms with Crippen LogP contribution in [0.1, 0.15) is 26.3 Å². The van der Waals surface area contributed by atoms with Crippen LogP contribution in [0.5, 0.6) is 0 Å². The van der Waals surface area contributed by atoms with Crippen LogP contribution in [0.4, 0.5) is 10.5 Å². The molecule has 1 N–H and O–H groups in total. The summed E-state index contributed by atoms with van der Waals surface area (Å²) in [5.74, 6) is 5.41. The van der Waals surface area contributed by atoms with Gasteiger partial charge in [0.1, 0.15) is 11.2 Å². The number of nitrogens with one attached hydrogen (secondary N) is 1. The summed E-state index contributed by atoms with van der Waals surface area (Å²) < 4.78 is 5.08. The van der Waals surface area contributed by atoms with Crippen molar-refractivity contribution in [2.45, 2.75) is 26.4 Å². The highest BCUT2D eigenvalue weighted by Gasteiger charge is 2.15. The van der Waals surface area contributed by atoms with Crippen LogP contribution in [0.15, 0.2) is 30.6 Å². The van der Waals surface area contributed by atoms with Crippen LogP contribution in [0.3, 0.4) is 0 Å². The van der Waals surface area contributed by atoms with Crippen molar-refractivity contribution >= 4 is 22.6 Å². The number of fused-ring (bicyclic) bond motifs is 1. The largest absolute Gasteiger partial charge is 0.444 e. The lowest BCUT2D eigenvalue weighted by Gasteiger charge is -2.18. The summed E-state index contributed by atoms with van der Waals surface area (Å²) in [5, 5.41) is 15.1. The number of hydrogen-bond acceptors (Lipinski definition) is 5. The summed E-state index contributed by atoms with van der Waals surface area (Å²) >= 11 is 0. The molecule has 2 aromatic rings. The number of carbonyl (C=O) groups excluding carboxylic acids is 1. The molecule has 0 radical (unpaired) electrons. The maximum absolute atomic E-state index is 11.5. The highest BCUT2D eigenvalue weighted by atomic mass is 16.6. The number of nitro groups is 1. The summed E-state index contributed by atoms with van der Waals surface area (Å²) in [4.78, 5) is 26.2. The average Bonchev–Trinajstić information content (AvgIpc) is 2.49. The third kappa shape index (κ3) is 4.68. The molecule has 7 nitrogen and oxygen atoms in total. The third-order valence-corrected chi connectivity index (χ3v) is 2.89. The summed E-state index contributed by atoms with van der Waals surface area (Å²) in [6.45, 7) is 5.29. The van der Waals surface area contributed by atoms with Crippen LogP contribution >= 0.6 is 0 Å². The molecular formula is C17H17N3O4. The summed E-state index contributed by atoms with van der Waals surface area (Å²) in [6, 6.07) is 4.77. The fraction of sp³-hybridized carbons (Fsp3) is 0.294. The number of benzene rings is 1. The maximum Gasteiger partial charge on any atom is 0.408 e. The molecule has 2 rings (SSSR count). The Hall–Kier alpha value is -3.14. The predicted octanol–water partition coefficient (Wildman–Crippen LogP) is 3.02. The van der Waals surface area contributed by atoms with Gasteiger partial charge in [0.05, 0.1) is 11.5 Å². The van der Waals surface area contributed by atoms with E-state index in [1.54, 1.807) is 45.3 Å². The first-order valence-corrected chi connectivity index (χ1v) is 7.24. The summed E-state index contributed by atoms with van der Waals surface area (Å²) in [7, 11) is 0. The number of hydrogen-bond donors (Lipinski definition) is 1. The Morgan fingerprint density at radius 3 is 2.79 bits per heavy atom. The number of carbonyl (C=O) groups is 1. The smallest absolute Gasteiger partial charge is 0.408 e. The molecule has 0 aliphatic rings. The maximum atomic E-state index is 11.5. The first-order valence-electron chi connectivity index (χ1n) is 7.24. The number of amides is 1. The molecule has 124 valence electrons. The Morgan fingerprint density at radius 1 is 1.38 bits per heavy atom. The van der Waals surface area contributed by atoms with E-state index in [2.05, 4.69) is 22.1 Å². The number of aromatic nitrogens is 1. The zero-order chi connectivity index (χ0) is 17.7. The molecule has 0 unspecified atom stereocenters. The fourth-order valence-corrected chi connectivity index (χ4v) is 1.95. The molecule has 0 fully saturated rings. The Kier molecular flexibility index (Phi) is 4.99. The minimum Gasteiger partial charge on any atom is -0.444 e. The van der Waals surface area contributed by atoms with Crippen molar-refractivity contribution in [3.05, 3.63) is 46.3 Å². The lowest BCUT2D eigenvalue weighted by atomic mass is 10.1. The topological polar surface area (TPSA) is 94.4 Å². The van der Waals surface area contributed by atoms with E-state index in [0.29, 0.717) is 5.39 Å². The lowest BCUT2D eigenvalue weighted by Crippen LogP contribution is -2.32. The van der Waals surface area contributed by atoms with Crippen LogP contribution in [-0.4, -0.2) is 28.1 Å². The quantitative estimate of drug-likeness (QED) is 0.520. The molecule has 1 amide bonds. The number of pyridine rings is 1. The van der Waals surface area contributed by atoms with Crippen LogP contribution in [0, 0.1) is 22.0 Å². The van der Waals surface area contributed by atoms with E-state index in [4.69, 9.17) is 4.74 Å². The van der Waals surface area contributed by atoms with Crippen molar-refractivity contribution in [3.8, 4) is 11.8 Å². The Labute approximate surface area is 139 Å². The first kappa shape index (κ1) is 17.2. The van der Waals surface area contributed by atoms with E-state index in [0.717, 1.165) is 5.39 Å². The monoisotopic (exact) mass is 327 g/mol. The number of nitrogens with zero attached hydrogens (tertiary/aromatic N) is 2. The number of nitro benzene ring substituents is 1. The Balaban J connectivity index is 2.16. The predicted molar refractivity (Wildman–Crippen MR) is 89.5 cm³/mol. The number of alkyl carbamates (subject to hydrolysis) is 1. The van der Waals surface area contributed by atoms with Crippen LogP contribution < -0.4 is 5.32 Å². The Bertz CT molecular complexity index is 844. The van der Waals surface area contributed by atoms with Gasteiger partial charge in [0.2, 0.25) is 0 Å². The van der Waals surface area contributed by atoms with Crippen LogP contribution in [-0.2, 0) is 4.74 Å². The molecule has 0 saturated carbocycles. The molecule has 1 heterocycles. The highest BCUT2D eigenvalue weighted by molar-refractivity contribution is 5.86. The van der Waals surface area contributed by atoms with Crippen molar-refractivity contribution in [1.29, 1.82) is 0 Å². The van der Waals surface area contributed by atoms with Crippen molar-refractivity contribution in [3.63, 3.8) is 0 Å². The van der Waals surface area contributed by atoms with E-state index in [1.165, 1.54) is 6.07 Å². The van der Waals surface area contributed by atoms with Gasteiger partial charge in [-0.1, -0.05) is 11.8 Å². The fourth-order valence-electron chi connectivity index (χ4n) is 1.95. The van der Waals surface area contributed by atoms with Gasteiger partial charge in [0.15, 0.2) is 0 Å². The van der Waals surface area contributed by atoms with E-state index in [-0.39, 0.29) is 17.8 Å². The van der Waals surface area contributed by atoms with Gasteiger partial charge in [-0.05, 0) is 38.3 Å². The molecule has 0 saturated heterocycles. The zero-order valence-corrected chi connectivity index (χ0v) is 13.6. The van der Waals surface area contributed by atoms with E-state index >= 15 is 0 Å². The van der Waals surface area contributed by atoms with Gasteiger partial charge in [-0.2, -0.15) is 0 Å². The van der Waals surface area contributed by atoms with Gasteiger partial charge in [-0.3, -0.25) is 15.1 Å². The molecule has 0 spiro atoms. The molecule has 0 aliphatic carbocycles. The van der Waals surface area contributed by atoms with E-state index in [9.17, 15) is 14.9 Å². The molecule has 0 bridgehead atoms. The summed E-state index contributed by atoms with van der Waals surface area (Å²) in [5.41, 5.74) is -0.410. The standard InChI is InChI=1S/C17H17N3O4/c1-17(2,3)24-16(21)19-7-4-5-13-9-14-11-18-8-6-12(14)10-15(13)20(22)23/h6,8-11H,7H2,1-3H3,(H,19,21).